The summed E-state index contributed by atoms with van der Waals surface area (Å²) in [4.78, 5) is 13.0. The summed E-state index contributed by atoms with van der Waals surface area (Å²) in [7, 11) is 3.61. The fourth-order valence-electron chi connectivity index (χ4n) is 1.55. The summed E-state index contributed by atoms with van der Waals surface area (Å²) in [6.45, 7) is 5.43. The van der Waals surface area contributed by atoms with Gasteiger partial charge in [-0.25, -0.2) is 0 Å². The molecule has 1 saturated carbocycles. The molecular formula is C11H22N2O. The second-order valence-electron chi connectivity index (χ2n) is 4.77. The van der Waals surface area contributed by atoms with E-state index in [1.807, 2.05) is 0 Å². The first-order chi connectivity index (χ1) is 6.50. The van der Waals surface area contributed by atoms with Gasteiger partial charge < -0.3 is 10.2 Å². The Bertz CT molecular complexity index is 203. The molecule has 1 aliphatic carbocycles. The summed E-state index contributed by atoms with van der Waals surface area (Å²) in [5.74, 6) is 1.94. The van der Waals surface area contributed by atoms with Crippen molar-refractivity contribution in [2.75, 3.05) is 20.6 Å². The molecule has 3 unspecified atom stereocenters. The first-order valence-electron chi connectivity index (χ1n) is 5.44. The molecule has 3 atom stereocenters. The van der Waals surface area contributed by atoms with E-state index in [0.29, 0.717) is 12.5 Å². The molecule has 0 aliphatic heterocycles. The summed E-state index contributed by atoms with van der Waals surface area (Å²) < 4.78 is 0. The fraction of sp³-hybridized carbons (Fsp3) is 0.909. The quantitative estimate of drug-likeness (QED) is 0.717. The zero-order valence-corrected chi connectivity index (χ0v) is 9.71. The van der Waals surface area contributed by atoms with Crippen LogP contribution in [0.4, 0.5) is 0 Å². The van der Waals surface area contributed by atoms with E-state index in [2.05, 4.69) is 19.2 Å². The Hall–Kier alpha value is -0.570. The maximum atomic E-state index is 11.4. The largest absolute Gasteiger partial charge is 0.349 e. The number of rotatable bonds is 5. The van der Waals surface area contributed by atoms with Crippen molar-refractivity contribution in [2.24, 2.45) is 11.8 Å². The normalized spacial score (nSPS) is 27.1. The predicted octanol–water partition coefficient (Wildman–Crippen LogP) is 1.10. The van der Waals surface area contributed by atoms with Gasteiger partial charge in [-0.15, -0.1) is 0 Å². The zero-order valence-electron chi connectivity index (χ0n) is 9.71. The Kier molecular flexibility index (Phi) is 3.93. The predicted molar refractivity (Wildman–Crippen MR) is 58.0 cm³/mol. The highest BCUT2D eigenvalue weighted by Crippen LogP contribution is 2.36. The summed E-state index contributed by atoms with van der Waals surface area (Å²) in [5.41, 5.74) is 0. The molecule has 0 radical (unpaired) electrons. The SMILES string of the molecule is CC(CC(=O)N(C)C)NCC1CC1C. The molecule has 82 valence electrons. The lowest BCUT2D eigenvalue weighted by molar-refractivity contribution is -0.129. The van der Waals surface area contributed by atoms with Gasteiger partial charge in [0.15, 0.2) is 0 Å². The van der Waals surface area contributed by atoms with E-state index in [0.717, 1.165) is 18.4 Å². The first-order valence-corrected chi connectivity index (χ1v) is 5.44. The van der Waals surface area contributed by atoms with Crippen molar-refractivity contribution in [3.63, 3.8) is 0 Å². The van der Waals surface area contributed by atoms with Gasteiger partial charge in [0.1, 0.15) is 0 Å². The van der Waals surface area contributed by atoms with E-state index >= 15 is 0 Å². The lowest BCUT2D eigenvalue weighted by Gasteiger charge is -2.16. The minimum atomic E-state index is 0.203. The highest BCUT2D eigenvalue weighted by Gasteiger charge is 2.32. The van der Waals surface area contributed by atoms with Crippen molar-refractivity contribution in [1.82, 2.24) is 10.2 Å². The molecule has 1 rings (SSSR count). The third kappa shape index (κ3) is 3.66. The van der Waals surface area contributed by atoms with E-state index in [9.17, 15) is 4.79 Å². The van der Waals surface area contributed by atoms with Crippen LogP contribution in [0.3, 0.4) is 0 Å². The molecule has 14 heavy (non-hydrogen) atoms. The van der Waals surface area contributed by atoms with E-state index < -0.39 is 0 Å². The molecule has 0 heterocycles. The van der Waals surface area contributed by atoms with E-state index in [-0.39, 0.29) is 5.91 Å². The van der Waals surface area contributed by atoms with Gasteiger partial charge in [0.2, 0.25) is 5.91 Å². The minimum absolute atomic E-state index is 0.203. The van der Waals surface area contributed by atoms with Crippen LogP contribution in [-0.2, 0) is 4.79 Å². The maximum Gasteiger partial charge on any atom is 0.223 e. The molecule has 3 nitrogen and oxygen atoms in total. The Balaban J connectivity index is 2.09. The topological polar surface area (TPSA) is 32.3 Å². The van der Waals surface area contributed by atoms with Gasteiger partial charge in [-0.1, -0.05) is 6.92 Å². The van der Waals surface area contributed by atoms with Crippen molar-refractivity contribution in [3.8, 4) is 0 Å². The second-order valence-corrected chi connectivity index (χ2v) is 4.77. The summed E-state index contributed by atoms with van der Waals surface area (Å²) in [6.07, 6.45) is 1.95. The average molecular weight is 198 g/mol. The van der Waals surface area contributed by atoms with Gasteiger partial charge in [-0.05, 0) is 31.7 Å². The third-order valence-corrected chi connectivity index (χ3v) is 2.98. The van der Waals surface area contributed by atoms with E-state index in [1.165, 1.54) is 6.42 Å². The molecule has 1 aliphatic rings. The van der Waals surface area contributed by atoms with Crippen LogP contribution in [0.15, 0.2) is 0 Å². The third-order valence-electron chi connectivity index (χ3n) is 2.98. The Morgan fingerprint density at radius 2 is 2.14 bits per heavy atom. The van der Waals surface area contributed by atoms with Gasteiger partial charge in [0.05, 0.1) is 0 Å². The van der Waals surface area contributed by atoms with Crippen molar-refractivity contribution >= 4 is 5.91 Å². The van der Waals surface area contributed by atoms with Gasteiger partial charge in [-0.3, -0.25) is 4.79 Å². The van der Waals surface area contributed by atoms with Gasteiger partial charge >= 0.3 is 0 Å². The number of nitrogens with zero attached hydrogens (tertiary/aromatic N) is 1. The fourth-order valence-corrected chi connectivity index (χ4v) is 1.55. The smallest absolute Gasteiger partial charge is 0.223 e. The van der Waals surface area contributed by atoms with Crippen LogP contribution in [0.5, 0.6) is 0 Å². The maximum absolute atomic E-state index is 11.4. The Labute approximate surface area is 86.9 Å². The summed E-state index contributed by atoms with van der Waals surface area (Å²) >= 11 is 0. The van der Waals surface area contributed by atoms with Gasteiger partial charge in [-0.2, -0.15) is 0 Å². The van der Waals surface area contributed by atoms with Crippen LogP contribution in [-0.4, -0.2) is 37.5 Å². The number of carbonyl (C=O) groups excluding carboxylic acids is 1. The van der Waals surface area contributed by atoms with Gasteiger partial charge in [0.25, 0.3) is 0 Å². The number of hydrogen-bond donors (Lipinski definition) is 1. The Morgan fingerprint density at radius 1 is 1.57 bits per heavy atom. The number of amides is 1. The monoisotopic (exact) mass is 198 g/mol. The molecule has 1 N–H and O–H groups in total. The molecule has 0 aromatic heterocycles. The number of hydrogen-bond acceptors (Lipinski definition) is 2. The highest BCUT2D eigenvalue weighted by atomic mass is 16.2. The molecule has 0 aromatic rings. The average Bonchev–Trinajstić information content (AvgIpc) is 2.78. The van der Waals surface area contributed by atoms with E-state index in [4.69, 9.17) is 0 Å². The lowest BCUT2D eigenvalue weighted by Crippen LogP contribution is -2.34. The minimum Gasteiger partial charge on any atom is -0.349 e. The van der Waals surface area contributed by atoms with Crippen molar-refractivity contribution in [3.05, 3.63) is 0 Å². The summed E-state index contributed by atoms with van der Waals surface area (Å²) in [6, 6.07) is 0.303. The lowest BCUT2D eigenvalue weighted by atomic mass is 10.2. The molecule has 3 heteroatoms. The van der Waals surface area contributed by atoms with Crippen molar-refractivity contribution in [2.45, 2.75) is 32.7 Å². The van der Waals surface area contributed by atoms with E-state index in [1.54, 1.807) is 19.0 Å². The van der Waals surface area contributed by atoms with Crippen LogP contribution >= 0.6 is 0 Å². The zero-order chi connectivity index (χ0) is 10.7. The number of nitrogens with one attached hydrogen (secondary N) is 1. The van der Waals surface area contributed by atoms with Crippen molar-refractivity contribution in [1.29, 1.82) is 0 Å². The summed E-state index contributed by atoms with van der Waals surface area (Å²) in [5, 5.41) is 3.41. The molecule has 0 saturated heterocycles. The second kappa shape index (κ2) is 4.78. The van der Waals surface area contributed by atoms with Crippen LogP contribution in [0.1, 0.15) is 26.7 Å². The van der Waals surface area contributed by atoms with Crippen LogP contribution < -0.4 is 5.32 Å². The standard InChI is InChI=1S/C11H22N2O/c1-8-5-10(8)7-12-9(2)6-11(14)13(3)4/h8-10,12H,5-7H2,1-4H3. The van der Waals surface area contributed by atoms with Crippen LogP contribution in [0, 0.1) is 11.8 Å². The highest BCUT2D eigenvalue weighted by molar-refractivity contribution is 5.76. The molecule has 1 fully saturated rings. The number of carbonyl (C=O) groups is 1. The van der Waals surface area contributed by atoms with Gasteiger partial charge in [0, 0.05) is 26.6 Å². The molecule has 1 amide bonds. The molecule has 0 spiro atoms. The van der Waals surface area contributed by atoms with Crippen LogP contribution in [0.2, 0.25) is 0 Å². The molecule has 0 bridgehead atoms. The first kappa shape index (κ1) is 11.5. The van der Waals surface area contributed by atoms with Crippen molar-refractivity contribution < 1.29 is 4.79 Å². The van der Waals surface area contributed by atoms with Crippen LogP contribution in [0.25, 0.3) is 0 Å². The molecular weight excluding hydrogens is 176 g/mol. The Morgan fingerprint density at radius 3 is 2.57 bits per heavy atom. The molecule has 0 aromatic carbocycles.